The van der Waals surface area contributed by atoms with Gasteiger partial charge in [-0.3, -0.25) is 4.72 Å². The number of rotatable bonds is 6. The van der Waals surface area contributed by atoms with E-state index in [1.807, 2.05) is 9.62 Å². The minimum absolute atomic E-state index is 0.137. The lowest BCUT2D eigenvalue weighted by molar-refractivity contribution is 0.154. The van der Waals surface area contributed by atoms with Crippen molar-refractivity contribution in [1.82, 2.24) is 9.88 Å². The second kappa shape index (κ2) is 8.87. The van der Waals surface area contributed by atoms with Crippen molar-refractivity contribution in [2.45, 2.75) is 37.0 Å². The van der Waals surface area contributed by atoms with Crippen LogP contribution >= 0.6 is 11.6 Å². The first-order valence-electron chi connectivity index (χ1n) is 11.5. The van der Waals surface area contributed by atoms with Crippen LogP contribution < -0.4 is 9.62 Å². The highest BCUT2D eigenvalue weighted by Gasteiger charge is 2.44. The van der Waals surface area contributed by atoms with Gasteiger partial charge in [0.05, 0.1) is 5.69 Å². The Kier molecular flexibility index (Phi) is 6.18. The topological polar surface area (TPSA) is 65.5 Å². The number of hydrogen-bond donors (Lipinski definition) is 1. The second-order valence-corrected chi connectivity index (χ2v) is 11.7. The largest absolute Gasteiger partial charge is 0.370 e. The van der Waals surface area contributed by atoms with Crippen LogP contribution in [-0.4, -0.2) is 51.0 Å². The van der Waals surface area contributed by atoms with Crippen molar-refractivity contribution < 1.29 is 21.6 Å². The summed E-state index contributed by atoms with van der Waals surface area (Å²) in [4.78, 5) is 6.43. The summed E-state index contributed by atoms with van der Waals surface area (Å²) < 4.78 is 70.5. The van der Waals surface area contributed by atoms with Gasteiger partial charge in [0.2, 0.25) is 5.95 Å². The fourth-order valence-corrected chi connectivity index (χ4v) is 6.62. The molecule has 2 aromatic rings. The molecule has 3 heterocycles. The number of benzene rings is 1. The molecule has 34 heavy (non-hydrogen) atoms. The molecule has 1 unspecified atom stereocenters. The van der Waals surface area contributed by atoms with Gasteiger partial charge in [-0.1, -0.05) is 17.7 Å². The van der Waals surface area contributed by atoms with E-state index >= 15 is 4.39 Å². The molecule has 184 valence electrons. The highest BCUT2D eigenvalue weighted by atomic mass is 35.5. The fraction of sp³-hybridized carbons (Fsp3) is 0.522. The van der Waals surface area contributed by atoms with Gasteiger partial charge in [-0.2, -0.15) is 4.39 Å². The number of halogens is 4. The maximum atomic E-state index is 15.1. The second-order valence-electron chi connectivity index (χ2n) is 9.69. The zero-order chi connectivity index (χ0) is 24.1. The van der Waals surface area contributed by atoms with E-state index in [2.05, 4.69) is 9.88 Å². The minimum atomic E-state index is -4.73. The van der Waals surface area contributed by atoms with Crippen LogP contribution in [0.4, 0.5) is 24.7 Å². The Labute approximate surface area is 202 Å². The molecule has 1 aliphatic carbocycles. The van der Waals surface area contributed by atoms with Crippen molar-refractivity contribution in [2.75, 3.05) is 42.3 Å². The van der Waals surface area contributed by atoms with Crippen molar-refractivity contribution in [1.29, 1.82) is 0 Å². The summed E-state index contributed by atoms with van der Waals surface area (Å²) in [5, 5.41) is -0.455. The summed E-state index contributed by atoms with van der Waals surface area (Å²) in [5.41, 5.74) is 0.750. The molecular formula is C23H26ClF3N4O2S. The van der Waals surface area contributed by atoms with Crippen molar-refractivity contribution in [3.63, 3.8) is 0 Å². The fourth-order valence-electron chi connectivity index (χ4n) is 5.15. The number of anilines is 2. The lowest BCUT2D eigenvalue weighted by Crippen LogP contribution is -2.38. The summed E-state index contributed by atoms with van der Waals surface area (Å²) in [6.45, 7) is 4.31. The molecule has 1 aromatic heterocycles. The summed E-state index contributed by atoms with van der Waals surface area (Å²) in [7, 11) is -4.73. The average Bonchev–Trinajstić information content (AvgIpc) is 3.37. The average molecular weight is 515 g/mol. The molecular weight excluding hydrogens is 489 g/mol. The maximum Gasteiger partial charge on any atom is 0.268 e. The van der Waals surface area contributed by atoms with Crippen LogP contribution in [0.25, 0.3) is 0 Å². The molecule has 6 nitrogen and oxygen atoms in total. The van der Waals surface area contributed by atoms with E-state index in [0.29, 0.717) is 24.4 Å². The molecule has 0 bridgehead atoms. The molecule has 2 aliphatic heterocycles. The molecule has 1 aromatic carbocycles. The Hall–Kier alpha value is -2.04. The SMILES string of the molecule is O=S(=O)(Nc1cccc(F)n1)c1c(F)cc(N2CCC(CN3CCC4(CC3)CC4)C2)c(Cl)c1F. The molecule has 0 amide bonds. The van der Waals surface area contributed by atoms with Crippen molar-refractivity contribution in [2.24, 2.45) is 11.3 Å². The van der Waals surface area contributed by atoms with Crippen LogP contribution in [0.1, 0.15) is 32.1 Å². The summed E-state index contributed by atoms with van der Waals surface area (Å²) in [6.07, 6.45) is 6.08. The smallest absolute Gasteiger partial charge is 0.268 e. The first-order valence-corrected chi connectivity index (χ1v) is 13.3. The number of sulfonamides is 1. The third kappa shape index (κ3) is 4.72. The number of pyridine rings is 1. The van der Waals surface area contributed by atoms with Gasteiger partial charge in [0, 0.05) is 25.7 Å². The molecule has 11 heteroatoms. The van der Waals surface area contributed by atoms with E-state index in [-0.39, 0.29) is 5.69 Å². The van der Waals surface area contributed by atoms with Crippen LogP contribution in [-0.2, 0) is 10.0 Å². The molecule has 1 N–H and O–H groups in total. The highest BCUT2D eigenvalue weighted by Crippen LogP contribution is 2.53. The molecule has 1 atom stereocenters. The first-order chi connectivity index (χ1) is 16.2. The summed E-state index contributed by atoms with van der Waals surface area (Å²) in [6, 6.07) is 4.37. The predicted molar refractivity (Wildman–Crippen MR) is 124 cm³/mol. The van der Waals surface area contributed by atoms with E-state index in [0.717, 1.165) is 38.2 Å². The number of likely N-dealkylation sites (tertiary alicyclic amines) is 1. The van der Waals surface area contributed by atoms with E-state index in [9.17, 15) is 17.2 Å². The van der Waals surface area contributed by atoms with Gasteiger partial charge in [0.15, 0.2) is 10.7 Å². The van der Waals surface area contributed by atoms with Crippen LogP contribution in [0.15, 0.2) is 29.2 Å². The molecule has 5 rings (SSSR count). The lowest BCUT2D eigenvalue weighted by atomic mass is 9.93. The van der Waals surface area contributed by atoms with Crippen LogP contribution in [0.5, 0.6) is 0 Å². The van der Waals surface area contributed by atoms with E-state index in [4.69, 9.17) is 11.6 Å². The molecule has 3 aliphatic rings. The monoisotopic (exact) mass is 514 g/mol. The Morgan fingerprint density at radius 2 is 1.85 bits per heavy atom. The number of aromatic nitrogens is 1. The summed E-state index contributed by atoms with van der Waals surface area (Å²) >= 11 is 6.20. The Bertz CT molecular complexity index is 1200. The van der Waals surface area contributed by atoms with Crippen LogP contribution in [0, 0.1) is 28.9 Å². The normalized spacial score (nSPS) is 22.4. The van der Waals surface area contributed by atoms with Crippen LogP contribution in [0.3, 0.4) is 0 Å². The Morgan fingerprint density at radius 1 is 1.12 bits per heavy atom. The zero-order valence-electron chi connectivity index (χ0n) is 18.5. The Balaban J connectivity index is 1.30. The van der Waals surface area contributed by atoms with E-state index in [1.165, 1.54) is 37.8 Å². The third-order valence-corrected chi connectivity index (χ3v) is 9.09. The van der Waals surface area contributed by atoms with Crippen molar-refractivity contribution >= 4 is 33.1 Å². The molecule has 0 radical (unpaired) electrons. The van der Waals surface area contributed by atoms with Gasteiger partial charge >= 0.3 is 0 Å². The van der Waals surface area contributed by atoms with Crippen LogP contribution in [0.2, 0.25) is 5.02 Å². The zero-order valence-corrected chi connectivity index (χ0v) is 20.1. The lowest BCUT2D eigenvalue weighted by Gasteiger charge is -2.33. The minimum Gasteiger partial charge on any atom is -0.370 e. The quantitative estimate of drug-likeness (QED) is 0.449. The maximum absolute atomic E-state index is 15.1. The van der Waals surface area contributed by atoms with E-state index < -0.39 is 43.3 Å². The molecule has 3 fully saturated rings. The van der Waals surface area contributed by atoms with E-state index in [1.54, 1.807) is 0 Å². The molecule has 2 saturated heterocycles. The number of hydrogen-bond acceptors (Lipinski definition) is 5. The summed E-state index contributed by atoms with van der Waals surface area (Å²) in [5.74, 6) is -3.63. The Morgan fingerprint density at radius 3 is 2.53 bits per heavy atom. The van der Waals surface area contributed by atoms with Gasteiger partial charge in [-0.05, 0) is 68.7 Å². The number of nitrogens with one attached hydrogen (secondary N) is 1. The van der Waals surface area contributed by atoms with Crippen molar-refractivity contribution in [3.05, 3.63) is 46.9 Å². The molecule has 1 spiro atoms. The van der Waals surface area contributed by atoms with Crippen molar-refractivity contribution in [3.8, 4) is 0 Å². The third-order valence-electron chi connectivity index (χ3n) is 7.34. The number of nitrogens with zero attached hydrogens (tertiary/aromatic N) is 3. The van der Waals surface area contributed by atoms with Gasteiger partial charge in [0.25, 0.3) is 10.0 Å². The van der Waals surface area contributed by atoms with Gasteiger partial charge < -0.3 is 9.80 Å². The van der Waals surface area contributed by atoms with Gasteiger partial charge in [0.1, 0.15) is 16.7 Å². The first kappa shape index (κ1) is 23.7. The standard InChI is InChI=1S/C23H26ClF3N4O2S/c24-20-17(31-9-4-15(14-31)13-30-10-7-23(5-6-23)8-11-30)12-16(25)22(21(20)27)34(32,33)29-19-3-1-2-18(26)28-19/h1-3,12,15H,4-11,13-14H2,(H,28,29). The predicted octanol–water partition coefficient (Wildman–Crippen LogP) is 4.66. The highest BCUT2D eigenvalue weighted by molar-refractivity contribution is 7.92. The van der Waals surface area contributed by atoms with Gasteiger partial charge in [-0.15, -0.1) is 0 Å². The number of piperidine rings is 1. The van der Waals surface area contributed by atoms with Gasteiger partial charge in [-0.25, -0.2) is 22.2 Å². The molecule has 1 saturated carbocycles.